The number of fused-ring (bicyclic) bond motifs is 2. The molecule has 0 unspecified atom stereocenters. The number of carbonyl (C=O) groups excluding carboxylic acids is 1. The summed E-state index contributed by atoms with van der Waals surface area (Å²) in [7, 11) is 0. The third-order valence-corrected chi connectivity index (χ3v) is 5.55. The van der Waals surface area contributed by atoms with Crippen LogP contribution in [-0.4, -0.2) is 36.5 Å². The lowest BCUT2D eigenvalue weighted by Gasteiger charge is -2.41. The minimum absolute atomic E-state index is 0.253. The van der Waals surface area contributed by atoms with E-state index in [9.17, 15) is 4.79 Å². The van der Waals surface area contributed by atoms with Crippen LogP contribution in [0.1, 0.15) is 45.6 Å². The molecule has 1 spiro atoms. The van der Waals surface area contributed by atoms with Gasteiger partial charge in [-0.3, -0.25) is 4.79 Å². The van der Waals surface area contributed by atoms with Crippen molar-refractivity contribution in [2.45, 2.75) is 51.5 Å². The largest absolute Gasteiger partial charge is 0.312 e. The first-order valence-electron chi connectivity index (χ1n) is 8.29. The Balaban J connectivity index is 1.91. The molecule has 0 bridgehead atoms. The summed E-state index contributed by atoms with van der Waals surface area (Å²) in [6, 6.07) is 9.01. The lowest BCUT2D eigenvalue weighted by atomic mass is 9.73. The highest BCUT2D eigenvalue weighted by atomic mass is 16.2. The van der Waals surface area contributed by atoms with Crippen molar-refractivity contribution >= 4 is 11.6 Å². The second-order valence-electron chi connectivity index (χ2n) is 6.44. The van der Waals surface area contributed by atoms with Gasteiger partial charge in [0, 0.05) is 18.3 Å². The zero-order chi connectivity index (χ0) is 15.0. The van der Waals surface area contributed by atoms with E-state index in [4.69, 9.17) is 0 Å². The second-order valence-corrected chi connectivity index (χ2v) is 6.44. The van der Waals surface area contributed by atoms with Crippen LogP contribution in [0.15, 0.2) is 24.3 Å². The van der Waals surface area contributed by atoms with Gasteiger partial charge in [-0.05, 0) is 57.8 Å². The fraction of sp³-hybridized carbons (Fsp3) is 0.611. The van der Waals surface area contributed by atoms with Gasteiger partial charge in [0.15, 0.2) is 0 Å². The standard InChI is InChI=1S/C18H26N2O/c1-4-14(3)19-12-10-18(11-13-19)15-8-6-7-9-16(15)20(5-2)17(18)21/h6-9,14H,4-5,10-13H2,1-3H3/t14-/m0/s1. The van der Waals surface area contributed by atoms with Gasteiger partial charge in [0.25, 0.3) is 0 Å². The smallest absolute Gasteiger partial charge is 0.237 e. The Kier molecular flexibility index (Phi) is 3.78. The van der Waals surface area contributed by atoms with Crippen molar-refractivity contribution in [3.05, 3.63) is 29.8 Å². The predicted molar refractivity (Wildman–Crippen MR) is 86.7 cm³/mol. The molecule has 2 aliphatic rings. The monoisotopic (exact) mass is 286 g/mol. The molecule has 0 saturated carbocycles. The molecule has 1 aromatic rings. The number of likely N-dealkylation sites (tertiary alicyclic amines) is 1. The molecule has 0 aliphatic carbocycles. The summed E-state index contributed by atoms with van der Waals surface area (Å²) in [5.74, 6) is 0.329. The lowest BCUT2D eigenvalue weighted by molar-refractivity contribution is -0.125. The normalized spacial score (nSPS) is 22.6. The highest BCUT2D eigenvalue weighted by molar-refractivity contribution is 6.08. The Bertz CT molecular complexity index is 532. The zero-order valence-corrected chi connectivity index (χ0v) is 13.4. The van der Waals surface area contributed by atoms with Gasteiger partial charge in [0.2, 0.25) is 5.91 Å². The van der Waals surface area contributed by atoms with Crippen LogP contribution < -0.4 is 4.90 Å². The van der Waals surface area contributed by atoms with Crippen LogP contribution in [0.2, 0.25) is 0 Å². The number of piperidine rings is 1. The van der Waals surface area contributed by atoms with Crippen molar-refractivity contribution in [1.82, 2.24) is 4.90 Å². The van der Waals surface area contributed by atoms with Gasteiger partial charge in [0.1, 0.15) is 0 Å². The van der Waals surface area contributed by atoms with E-state index in [0.29, 0.717) is 11.9 Å². The Morgan fingerprint density at radius 3 is 2.48 bits per heavy atom. The van der Waals surface area contributed by atoms with E-state index in [2.05, 4.69) is 43.9 Å². The van der Waals surface area contributed by atoms with Gasteiger partial charge in [0.05, 0.1) is 5.41 Å². The van der Waals surface area contributed by atoms with Gasteiger partial charge in [-0.15, -0.1) is 0 Å². The zero-order valence-electron chi connectivity index (χ0n) is 13.4. The first kappa shape index (κ1) is 14.6. The second kappa shape index (κ2) is 5.45. The fourth-order valence-corrected chi connectivity index (χ4v) is 4.00. The first-order valence-corrected chi connectivity index (χ1v) is 8.29. The number of nitrogens with zero attached hydrogens (tertiary/aromatic N) is 2. The molecule has 0 radical (unpaired) electrons. The maximum Gasteiger partial charge on any atom is 0.237 e. The van der Waals surface area contributed by atoms with E-state index < -0.39 is 0 Å². The molecule has 3 heteroatoms. The molecule has 3 rings (SSSR count). The minimum atomic E-state index is -0.253. The first-order chi connectivity index (χ1) is 10.1. The number of rotatable bonds is 3. The number of benzene rings is 1. The van der Waals surface area contributed by atoms with E-state index in [1.54, 1.807) is 0 Å². The van der Waals surface area contributed by atoms with Gasteiger partial charge in [-0.25, -0.2) is 0 Å². The van der Waals surface area contributed by atoms with E-state index in [1.807, 2.05) is 11.0 Å². The summed E-state index contributed by atoms with van der Waals surface area (Å²) in [5, 5.41) is 0. The van der Waals surface area contributed by atoms with Crippen LogP contribution in [0, 0.1) is 0 Å². The van der Waals surface area contributed by atoms with E-state index in [0.717, 1.165) is 38.2 Å². The Morgan fingerprint density at radius 2 is 1.86 bits per heavy atom. The molecule has 0 aromatic heterocycles. The Hall–Kier alpha value is -1.35. The molecule has 1 atom stereocenters. The minimum Gasteiger partial charge on any atom is -0.312 e. The van der Waals surface area contributed by atoms with E-state index >= 15 is 0 Å². The average molecular weight is 286 g/mol. The van der Waals surface area contributed by atoms with Crippen LogP contribution in [-0.2, 0) is 10.2 Å². The molecular weight excluding hydrogens is 260 g/mol. The van der Waals surface area contributed by atoms with Crippen molar-refractivity contribution in [2.75, 3.05) is 24.5 Å². The van der Waals surface area contributed by atoms with Crippen LogP contribution >= 0.6 is 0 Å². The highest BCUT2D eigenvalue weighted by Gasteiger charge is 2.51. The third kappa shape index (κ3) is 2.10. The number of anilines is 1. The van der Waals surface area contributed by atoms with Crippen molar-refractivity contribution in [3.8, 4) is 0 Å². The molecule has 1 aromatic carbocycles. The summed E-state index contributed by atoms with van der Waals surface area (Å²) < 4.78 is 0. The number of para-hydroxylation sites is 1. The lowest BCUT2D eigenvalue weighted by Crippen LogP contribution is -2.50. The molecule has 3 nitrogen and oxygen atoms in total. The van der Waals surface area contributed by atoms with Gasteiger partial charge >= 0.3 is 0 Å². The quantitative estimate of drug-likeness (QED) is 0.852. The van der Waals surface area contributed by atoms with Crippen molar-refractivity contribution in [2.24, 2.45) is 0 Å². The van der Waals surface area contributed by atoms with Gasteiger partial charge < -0.3 is 9.80 Å². The SMILES string of the molecule is CC[C@H](C)N1CCC2(CC1)C(=O)N(CC)c1ccccc12. The van der Waals surface area contributed by atoms with Gasteiger partial charge in [-0.2, -0.15) is 0 Å². The topological polar surface area (TPSA) is 23.6 Å². The van der Waals surface area contributed by atoms with E-state index in [-0.39, 0.29) is 5.41 Å². The summed E-state index contributed by atoms with van der Waals surface area (Å²) in [4.78, 5) is 17.5. The highest BCUT2D eigenvalue weighted by Crippen LogP contribution is 2.47. The summed E-state index contributed by atoms with van der Waals surface area (Å²) in [6.07, 6.45) is 3.10. The Labute approximate surface area is 127 Å². The maximum absolute atomic E-state index is 13.0. The van der Waals surface area contributed by atoms with Crippen LogP contribution in [0.5, 0.6) is 0 Å². The van der Waals surface area contributed by atoms with Crippen molar-refractivity contribution in [3.63, 3.8) is 0 Å². The Morgan fingerprint density at radius 1 is 1.19 bits per heavy atom. The molecule has 0 N–H and O–H groups in total. The molecule has 2 heterocycles. The molecule has 114 valence electrons. The summed E-state index contributed by atoms with van der Waals surface area (Å²) in [5.41, 5.74) is 2.15. The molecule has 1 saturated heterocycles. The van der Waals surface area contributed by atoms with Crippen LogP contribution in [0.4, 0.5) is 5.69 Å². The number of carbonyl (C=O) groups is 1. The van der Waals surface area contributed by atoms with Crippen molar-refractivity contribution < 1.29 is 4.79 Å². The molecule has 1 fully saturated rings. The van der Waals surface area contributed by atoms with Crippen LogP contribution in [0.25, 0.3) is 0 Å². The number of likely N-dealkylation sites (N-methyl/N-ethyl adjacent to an activating group) is 1. The molecular formula is C18H26N2O. The maximum atomic E-state index is 13.0. The van der Waals surface area contributed by atoms with Crippen molar-refractivity contribution in [1.29, 1.82) is 0 Å². The molecule has 2 aliphatic heterocycles. The fourth-order valence-electron chi connectivity index (χ4n) is 4.00. The van der Waals surface area contributed by atoms with Crippen LogP contribution in [0.3, 0.4) is 0 Å². The average Bonchev–Trinajstić information content (AvgIpc) is 2.76. The number of amides is 1. The summed E-state index contributed by atoms with van der Waals surface area (Å²) >= 11 is 0. The predicted octanol–water partition coefficient (Wildman–Crippen LogP) is 3.19. The molecule has 1 amide bonds. The third-order valence-electron chi connectivity index (χ3n) is 5.55. The number of hydrogen-bond donors (Lipinski definition) is 0. The molecule has 21 heavy (non-hydrogen) atoms. The van der Waals surface area contributed by atoms with E-state index in [1.165, 1.54) is 12.0 Å². The number of hydrogen-bond acceptors (Lipinski definition) is 2. The summed E-state index contributed by atoms with van der Waals surface area (Å²) in [6.45, 7) is 9.44. The van der Waals surface area contributed by atoms with Gasteiger partial charge in [-0.1, -0.05) is 25.1 Å².